The van der Waals surface area contributed by atoms with Crippen molar-refractivity contribution in [1.29, 1.82) is 0 Å². The van der Waals surface area contributed by atoms with Crippen LogP contribution in [0.3, 0.4) is 0 Å². The maximum Gasteiger partial charge on any atom is 0.241 e. The van der Waals surface area contributed by atoms with Crippen molar-refractivity contribution in [2.45, 2.75) is 30.8 Å². The largest absolute Gasteiger partial charge is 0.383 e. The van der Waals surface area contributed by atoms with Crippen LogP contribution in [0.25, 0.3) is 0 Å². The summed E-state index contributed by atoms with van der Waals surface area (Å²) >= 11 is 5.83. The van der Waals surface area contributed by atoms with Gasteiger partial charge in [0.2, 0.25) is 10.0 Å². The number of hydrogen-bond donors (Lipinski definition) is 2. The maximum absolute atomic E-state index is 13.8. The van der Waals surface area contributed by atoms with Gasteiger partial charge in [-0.2, -0.15) is 0 Å². The molecule has 0 saturated heterocycles. The molecule has 5 nitrogen and oxygen atoms in total. The Bertz CT molecular complexity index is 581. The monoisotopic (exact) mass is 338 g/mol. The Morgan fingerprint density at radius 3 is 2.62 bits per heavy atom. The third-order valence-corrected chi connectivity index (χ3v) is 4.86. The molecule has 120 valence electrons. The van der Waals surface area contributed by atoms with E-state index in [9.17, 15) is 12.8 Å². The van der Waals surface area contributed by atoms with Gasteiger partial charge < -0.3 is 10.1 Å². The van der Waals surface area contributed by atoms with Gasteiger partial charge in [0, 0.05) is 19.7 Å². The molecule has 21 heavy (non-hydrogen) atoms. The van der Waals surface area contributed by atoms with E-state index in [1.165, 1.54) is 13.2 Å². The van der Waals surface area contributed by atoms with E-state index < -0.39 is 15.8 Å². The minimum atomic E-state index is -3.83. The molecule has 0 aromatic heterocycles. The summed E-state index contributed by atoms with van der Waals surface area (Å²) in [7, 11) is -0.674. The molecule has 1 atom stereocenters. The predicted molar refractivity (Wildman–Crippen MR) is 80.5 cm³/mol. The molecule has 0 aliphatic carbocycles. The molecule has 0 radical (unpaired) electrons. The second-order valence-electron chi connectivity index (χ2n) is 4.59. The zero-order chi connectivity index (χ0) is 16.0. The summed E-state index contributed by atoms with van der Waals surface area (Å²) in [5.41, 5.74) is 0.388. The Balaban J connectivity index is 3.13. The van der Waals surface area contributed by atoms with E-state index in [4.69, 9.17) is 16.3 Å². The average Bonchev–Trinajstić information content (AvgIpc) is 2.43. The lowest BCUT2D eigenvalue weighted by Gasteiger charge is -2.17. The normalized spacial score (nSPS) is 13.4. The number of halogens is 2. The SMILES string of the molecule is CCC(COC)NS(=O)(=O)c1cc(F)c(Cl)c(CNC)c1. The van der Waals surface area contributed by atoms with Gasteiger partial charge in [-0.15, -0.1) is 0 Å². The Hall–Kier alpha value is -0.730. The third kappa shape index (κ3) is 4.89. The molecule has 0 aliphatic heterocycles. The van der Waals surface area contributed by atoms with Crippen LogP contribution in [0, 0.1) is 5.82 Å². The first-order valence-corrected chi connectivity index (χ1v) is 8.35. The van der Waals surface area contributed by atoms with Gasteiger partial charge in [-0.05, 0) is 31.2 Å². The summed E-state index contributed by atoms with van der Waals surface area (Å²) in [6.45, 7) is 2.35. The highest BCUT2D eigenvalue weighted by molar-refractivity contribution is 7.89. The second kappa shape index (κ2) is 8.05. The Kier molecular flexibility index (Phi) is 7.02. The average molecular weight is 339 g/mol. The molecule has 0 saturated carbocycles. The quantitative estimate of drug-likeness (QED) is 0.759. The van der Waals surface area contributed by atoms with E-state index in [0.717, 1.165) is 6.07 Å². The van der Waals surface area contributed by atoms with Crippen molar-refractivity contribution >= 4 is 21.6 Å². The molecular weight excluding hydrogens is 319 g/mol. The lowest BCUT2D eigenvalue weighted by molar-refractivity contribution is 0.173. The van der Waals surface area contributed by atoms with Crippen LogP contribution in [0.5, 0.6) is 0 Å². The zero-order valence-electron chi connectivity index (χ0n) is 12.2. The number of nitrogens with one attached hydrogen (secondary N) is 2. The van der Waals surface area contributed by atoms with Crippen LogP contribution in [0.2, 0.25) is 5.02 Å². The number of methoxy groups -OCH3 is 1. The topological polar surface area (TPSA) is 67.4 Å². The molecule has 0 spiro atoms. The molecule has 0 aliphatic rings. The fourth-order valence-corrected chi connectivity index (χ4v) is 3.36. The summed E-state index contributed by atoms with van der Waals surface area (Å²) in [6, 6.07) is 1.92. The van der Waals surface area contributed by atoms with Crippen LogP contribution in [0.15, 0.2) is 17.0 Å². The fraction of sp³-hybridized carbons (Fsp3) is 0.538. The first kappa shape index (κ1) is 18.3. The molecule has 1 unspecified atom stereocenters. The fourth-order valence-electron chi connectivity index (χ4n) is 1.82. The van der Waals surface area contributed by atoms with Gasteiger partial charge in [-0.25, -0.2) is 17.5 Å². The van der Waals surface area contributed by atoms with Gasteiger partial charge in [0.05, 0.1) is 16.5 Å². The highest BCUT2D eigenvalue weighted by atomic mass is 35.5. The van der Waals surface area contributed by atoms with Gasteiger partial charge in [0.25, 0.3) is 0 Å². The summed E-state index contributed by atoms with van der Waals surface area (Å²) in [4.78, 5) is -0.149. The summed E-state index contributed by atoms with van der Waals surface area (Å²) < 4.78 is 45.8. The second-order valence-corrected chi connectivity index (χ2v) is 6.68. The van der Waals surface area contributed by atoms with Crippen LogP contribution >= 0.6 is 11.6 Å². The molecule has 1 aromatic rings. The minimum Gasteiger partial charge on any atom is -0.383 e. The van der Waals surface area contributed by atoms with Crippen molar-refractivity contribution in [3.8, 4) is 0 Å². The van der Waals surface area contributed by atoms with Gasteiger partial charge in [-0.1, -0.05) is 18.5 Å². The van der Waals surface area contributed by atoms with E-state index in [1.54, 1.807) is 7.05 Å². The number of ether oxygens (including phenoxy) is 1. The molecule has 8 heteroatoms. The Morgan fingerprint density at radius 2 is 2.10 bits per heavy atom. The minimum absolute atomic E-state index is 0.0766. The Morgan fingerprint density at radius 1 is 1.43 bits per heavy atom. The number of benzene rings is 1. The van der Waals surface area contributed by atoms with Gasteiger partial charge in [0.15, 0.2) is 0 Å². The number of rotatable bonds is 8. The van der Waals surface area contributed by atoms with Crippen LogP contribution < -0.4 is 10.0 Å². The van der Waals surface area contributed by atoms with E-state index in [-0.39, 0.29) is 29.1 Å². The van der Waals surface area contributed by atoms with Crippen molar-refractivity contribution in [3.05, 3.63) is 28.5 Å². The van der Waals surface area contributed by atoms with E-state index in [0.29, 0.717) is 12.0 Å². The smallest absolute Gasteiger partial charge is 0.241 e. The van der Waals surface area contributed by atoms with Crippen LogP contribution in [-0.2, 0) is 21.3 Å². The number of sulfonamides is 1. The maximum atomic E-state index is 13.8. The first-order chi connectivity index (χ1) is 9.85. The highest BCUT2D eigenvalue weighted by Crippen LogP contribution is 2.24. The van der Waals surface area contributed by atoms with E-state index in [2.05, 4.69) is 10.0 Å². The van der Waals surface area contributed by atoms with Gasteiger partial charge in [-0.3, -0.25) is 0 Å². The van der Waals surface area contributed by atoms with Crippen LogP contribution in [0.4, 0.5) is 4.39 Å². The van der Waals surface area contributed by atoms with Crippen molar-refractivity contribution in [2.24, 2.45) is 0 Å². The summed E-state index contributed by atoms with van der Waals surface area (Å²) in [6.07, 6.45) is 0.562. The van der Waals surface area contributed by atoms with Crippen LogP contribution in [-0.4, -0.2) is 35.2 Å². The third-order valence-electron chi connectivity index (χ3n) is 2.94. The van der Waals surface area contributed by atoms with Crippen LogP contribution in [0.1, 0.15) is 18.9 Å². The van der Waals surface area contributed by atoms with Crippen molar-refractivity contribution in [1.82, 2.24) is 10.0 Å². The van der Waals surface area contributed by atoms with Crippen molar-refractivity contribution < 1.29 is 17.5 Å². The Labute approximate surface area is 129 Å². The lowest BCUT2D eigenvalue weighted by atomic mass is 10.2. The molecule has 1 rings (SSSR count). The van der Waals surface area contributed by atoms with Crippen molar-refractivity contribution in [3.63, 3.8) is 0 Å². The molecule has 1 aromatic carbocycles. The molecular formula is C13H20ClFN2O3S. The zero-order valence-corrected chi connectivity index (χ0v) is 13.8. The standard InChI is InChI=1S/C13H20ClFN2O3S/c1-4-10(8-20-3)17-21(18,19)11-5-9(7-16-2)13(14)12(15)6-11/h5-6,10,16-17H,4,7-8H2,1-3H3. The number of hydrogen-bond acceptors (Lipinski definition) is 4. The summed E-state index contributed by atoms with van der Waals surface area (Å²) in [5, 5.41) is 2.74. The summed E-state index contributed by atoms with van der Waals surface area (Å²) in [5.74, 6) is -0.760. The van der Waals surface area contributed by atoms with Gasteiger partial charge in [0.1, 0.15) is 5.82 Å². The molecule has 0 bridgehead atoms. The van der Waals surface area contributed by atoms with Gasteiger partial charge >= 0.3 is 0 Å². The molecule has 0 amide bonds. The predicted octanol–water partition coefficient (Wildman–Crippen LogP) is 1.90. The van der Waals surface area contributed by atoms with E-state index >= 15 is 0 Å². The van der Waals surface area contributed by atoms with Crippen molar-refractivity contribution in [2.75, 3.05) is 20.8 Å². The lowest BCUT2D eigenvalue weighted by Crippen LogP contribution is -2.37. The highest BCUT2D eigenvalue weighted by Gasteiger charge is 2.22. The first-order valence-electron chi connectivity index (χ1n) is 6.49. The molecule has 0 fully saturated rings. The molecule has 0 heterocycles. The molecule has 2 N–H and O–H groups in total. The van der Waals surface area contributed by atoms with E-state index in [1.807, 2.05) is 6.92 Å².